The van der Waals surface area contributed by atoms with E-state index in [0.717, 1.165) is 6.42 Å². The summed E-state index contributed by atoms with van der Waals surface area (Å²) in [5.74, 6) is 0.0201. The summed E-state index contributed by atoms with van der Waals surface area (Å²) in [4.78, 5) is 12.9. The number of piperidine rings is 1. The first-order valence-corrected chi connectivity index (χ1v) is 4.70. The van der Waals surface area contributed by atoms with Crippen LogP contribution >= 0.6 is 0 Å². The molecule has 1 aliphatic heterocycles. The third-order valence-corrected chi connectivity index (χ3v) is 2.49. The van der Waals surface area contributed by atoms with Crippen molar-refractivity contribution in [2.24, 2.45) is 5.92 Å². The molecule has 1 rings (SSSR count). The highest BCUT2D eigenvalue weighted by molar-refractivity contribution is 5.87. The van der Waals surface area contributed by atoms with Crippen molar-refractivity contribution in [1.29, 1.82) is 0 Å². The summed E-state index contributed by atoms with van der Waals surface area (Å²) in [7, 11) is 0. The number of halogens is 1. The van der Waals surface area contributed by atoms with Gasteiger partial charge in [0.25, 0.3) is 0 Å². The van der Waals surface area contributed by atoms with Crippen LogP contribution in [0.3, 0.4) is 0 Å². The van der Waals surface area contributed by atoms with Crippen LogP contribution in [0.15, 0.2) is 12.2 Å². The molecule has 1 saturated heterocycles. The Morgan fingerprint density at radius 3 is 2.85 bits per heavy atom. The first-order valence-electron chi connectivity index (χ1n) is 4.70. The van der Waals surface area contributed by atoms with Crippen LogP contribution in [0.5, 0.6) is 0 Å². The van der Waals surface area contributed by atoms with E-state index < -0.39 is 6.17 Å². The third-order valence-electron chi connectivity index (χ3n) is 2.49. The molecule has 1 fully saturated rings. The summed E-state index contributed by atoms with van der Waals surface area (Å²) in [5.41, 5.74) is 0. The fraction of sp³-hybridized carbons (Fsp3) is 0.700. The Balaban J connectivity index is 2.50. The lowest BCUT2D eigenvalue weighted by atomic mass is 9.97. The van der Waals surface area contributed by atoms with Gasteiger partial charge in [-0.2, -0.15) is 0 Å². The van der Waals surface area contributed by atoms with Crippen LogP contribution in [0.25, 0.3) is 0 Å². The Morgan fingerprint density at radius 2 is 2.31 bits per heavy atom. The fourth-order valence-corrected chi connectivity index (χ4v) is 1.47. The summed E-state index contributed by atoms with van der Waals surface area (Å²) in [6, 6.07) is 0. The van der Waals surface area contributed by atoms with Gasteiger partial charge in [0.2, 0.25) is 5.91 Å². The summed E-state index contributed by atoms with van der Waals surface area (Å²) < 4.78 is 13.2. The summed E-state index contributed by atoms with van der Waals surface area (Å²) in [6.45, 7) is 4.62. The maximum Gasteiger partial charge on any atom is 0.246 e. The predicted octanol–water partition coefficient (Wildman–Crippen LogP) is 1.77. The van der Waals surface area contributed by atoms with E-state index >= 15 is 0 Å². The number of hydrogen-bond donors (Lipinski definition) is 0. The van der Waals surface area contributed by atoms with E-state index in [1.807, 2.05) is 6.92 Å². The van der Waals surface area contributed by atoms with E-state index in [-0.39, 0.29) is 18.4 Å². The average molecular weight is 185 g/mol. The normalized spacial score (nSPS) is 29.6. The monoisotopic (exact) mass is 185 g/mol. The summed E-state index contributed by atoms with van der Waals surface area (Å²) in [6.07, 6.45) is 3.09. The van der Waals surface area contributed by atoms with Gasteiger partial charge < -0.3 is 4.90 Å². The molecular formula is C10H16FNO. The number of carbonyl (C=O) groups excluding carboxylic acids is 1. The topological polar surface area (TPSA) is 20.3 Å². The SMILES string of the molecule is C/C=C/C(=O)N1CCC(C)C(F)C1. The number of hydrogen-bond acceptors (Lipinski definition) is 1. The first-order chi connectivity index (χ1) is 6.15. The number of alkyl halides is 1. The lowest BCUT2D eigenvalue weighted by Gasteiger charge is -2.32. The van der Waals surface area contributed by atoms with E-state index in [1.165, 1.54) is 6.08 Å². The van der Waals surface area contributed by atoms with Gasteiger partial charge in [0.1, 0.15) is 6.17 Å². The molecule has 3 heteroatoms. The van der Waals surface area contributed by atoms with E-state index in [1.54, 1.807) is 17.9 Å². The zero-order valence-corrected chi connectivity index (χ0v) is 8.16. The van der Waals surface area contributed by atoms with Crippen LogP contribution in [0.2, 0.25) is 0 Å². The maximum absolute atomic E-state index is 13.2. The quantitative estimate of drug-likeness (QED) is 0.570. The van der Waals surface area contributed by atoms with Crippen molar-refractivity contribution in [3.8, 4) is 0 Å². The van der Waals surface area contributed by atoms with Gasteiger partial charge in [-0.1, -0.05) is 13.0 Å². The van der Waals surface area contributed by atoms with Gasteiger partial charge in [-0.3, -0.25) is 4.79 Å². The Kier molecular flexibility index (Phi) is 3.46. The van der Waals surface area contributed by atoms with Crippen LogP contribution in [-0.2, 0) is 4.79 Å². The highest BCUT2D eigenvalue weighted by Crippen LogP contribution is 2.19. The van der Waals surface area contributed by atoms with Crippen LogP contribution in [0.1, 0.15) is 20.3 Å². The molecule has 0 aromatic heterocycles. The highest BCUT2D eigenvalue weighted by Gasteiger charge is 2.27. The minimum atomic E-state index is -0.858. The molecule has 0 aromatic carbocycles. The van der Waals surface area contributed by atoms with Crippen molar-refractivity contribution < 1.29 is 9.18 Å². The minimum Gasteiger partial charge on any atom is -0.336 e. The summed E-state index contributed by atoms with van der Waals surface area (Å²) >= 11 is 0. The van der Waals surface area contributed by atoms with E-state index in [2.05, 4.69) is 0 Å². The Labute approximate surface area is 78.4 Å². The molecule has 0 radical (unpaired) electrons. The average Bonchev–Trinajstić information content (AvgIpc) is 2.10. The molecule has 2 atom stereocenters. The summed E-state index contributed by atoms with van der Waals surface area (Å²) in [5, 5.41) is 0. The first kappa shape index (κ1) is 10.2. The van der Waals surface area contributed by atoms with Crippen molar-refractivity contribution in [1.82, 2.24) is 4.90 Å². The Morgan fingerprint density at radius 1 is 1.62 bits per heavy atom. The number of amides is 1. The smallest absolute Gasteiger partial charge is 0.246 e. The molecule has 0 bridgehead atoms. The molecule has 1 amide bonds. The lowest BCUT2D eigenvalue weighted by Crippen LogP contribution is -2.43. The molecule has 1 aliphatic rings. The molecule has 0 spiro atoms. The Bertz CT molecular complexity index is 215. The van der Waals surface area contributed by atoms with Gasteiger partial charge in [-0.25, -0.2) is 4.39 Å². The van der Waals surface area contributed by atoms with Crippen molar-refractivity contribution in [3.05, 3.63) is 12.2 Å². The number of rotatable bonds is 1. The van der Waals surface area contributed by atoms with Gasteiger partial charge in [0, 0.05) is 6.54 Å². The van der Waals surface area contributed by atoms with Gasteiger partial charge in [0.15, 0.2) is 0 Å². The molecular weight excluding hydrogens is 169 g/mol. The number of likely N-dealkylation sites (tertiary alicyclic amines) is 1. The van der Waals surface area contributed by atoms with Crippen LogP contribution in [0, 0.1) is 5.92 Å². The molecule has 13 heavy (non-hydrogen) atoms. The van der Waals surface area contributed by atoms with Gasteiger partial charge >= 0.3 is 0 Å². The zero-order chi connectivity index (χ0) is 9.84. The molecule has 0 saturated carbocycles. The molecule has 0 N–H and O–H groups in total. The highest BCUT2D eigenvalue weighted by atomic mass is 19.1. The Hall–Kier alpha value is -0.860. The van der Waals surface area contributed by atoms with Gasteiger partial charge in [0.05, 0.1) is 6.54 Å². The third kappa shape index (κ3) is 2.54. The van der Waals surface area contributed by atoms with E-state index in [0.29, 0.717) is 6.54 Å². The number of carbonyl (C=O) groups is 1. The largest absolute Gasteiger partial charge is 0.336 e. The molecule has 2 nitrogen and oxygen atoms in total. The predicted molar refractivity (Wildman–Crippen MR) is 50.1 cm³/mol. The second-order valence-corrected chi connectivity index (χ2v) is 3.57. The fourth-order valence-electron chi connectivity index (χ4n) is 1.47. The van der Waals surface area contributed by atoms with Crippen LogP contribution in [-0.4, -0.2) is 30.1 Å². The van der Waals surface area contributed by atoms with Crippen molar-refractivity contribution >= 4 is 5.91 Å². The zero-order valence-electron chi connectivity index (χ0n) is 8.16. The van der Waals surface area contributed by atoms with Crippen LogP contribution in [0.4, 0.5) is 4.39 Å². The van der Waals surface area contributed by atoms with Gasteiger partial charge in [-0.15, -0.1) is 0 Å². The van der Waals surface area contributed by atoms with Gasteiger partial charge in [-0.05, 0) is 25.3 Å². The van der Waals surface area contributed by atoms with Crippen molar-refractivity contribution in [2.75, 3.05) is 13.1 Å². The maximum atomic E-state index is 13.2. The van der Waals surface area contributed by atoms with Crippen LogP contribution < -0.4 is 0 Å². The second-order valence-electron chi connectivity index (χ2n) is 3.57. The molecule has 0 aliphatic carbocycles. The van der Waals surface area contributed by atoms with E-state index in [4.69, 9.17) is 0 Å². The number of allylic oxidation sites excluding steroid dienone is 1. The number of nitrogens with zero attached hydrogens (tertiary/aromatic N) is 1. The molecule has 2 unspecified atom stereocenters. The minimum absolute atomic E-state index is 0.0722. The second kappa shape index (κ2) is 4.40. The lowest BCUT2D eigenvalue weighted by molar-refractivity contribution is -0.128. The van der Waals surface area contributed by atoms with Crippen molar-refractivity contribution in [3.63, 3.8) is 0 Å². The molecule has 1 heterocycles. The molecule has 74 valence electrons. The standard InChI is InChI=1S/C10H16FNO/c1-3-4-10(13)12-6-5-8(2)9(11)7-12/h3-4,8-9H,5-7H2,1-2H3/b4-3+. The van der Waals surface area contributed by atoms with E-state index in [9.17, 15) is 9.18 Å². The molecule has 0 aromatic rings. The van der Waals surface area contributed by atoms with Crippen molar-refractivity contribution in [2.45, 2.75) is 26.4 Å².